The van der Waals surface area contributed by atoms with Crippen LogP contribution in [0.2, 0.25) is 0 Å². The van der Waals surface area contributed by atoms with E-state index >= 15 is 0 Å². The van der Waals surface area contributed by atoms with Gasteiger partial charge in [0.25, 0.3) is 0 Å². The predicted octanol–water partition coefficient (Wildman–Crippen LogP) is 0.418. The van der Waals surface area contributed by atoms with Crippen LogP contribution in [0.3, 0.4) is 0 Å². The first-order chi connectivity index (χ1) is 13.7. The fraction of sp³-hybridized carbons (Fsp3) is 0.500. The topological polar surface area (TPSA) is 99.7 Å². The van der Waals surface area contributed by atoms with E-state index < -0.39 is 0 Å². The average molecular weight is 385 g/mol. The molecule has 0 aliphatic carbocycles. The molecule has 10 heteroatoms. The van der Waals surface area contributed by atoms with Gasteiger partial charge in [0.2, 0.25) is 5.91 Å². The Balaban J connectivity index is 1.46. The number of tetrazole rings is 1. The summed E-state index contributed by atoms with van der Waals surface area (Å²) in [5.74, 6) is 0.646. The molecule has 1 amide bonds. The Hall–Kier alpha value is -2.85. The van der Waals surface area contributed by atoms with Crippen LogP contribution in [0.4, 0.5) is 0 Å². The zero-order valence-corrected chi connectivity index (χ0v) is 16.0. The Morgan fingerprint density at radius 2 is 2.32 bits per heavy atom. The number of hydrogen-bond donors (Lipinski definition) is 0. The number of ether oxygens (including phenoxy) is 2. The van der Waals surface area contributed by atoms with Gasteiger partial charge in [-0.05, 0) is 29.0 Å². The van der Waals surface area contributed by atoms with Crippen molar-refractivity contribution in [2.24, 2.45) is 0 Å². The summed E-state index contributed by atoms with van der Waals surface area (Å²) < 4.78 is 14.5. The molecule has 28 heavy (non-hydrogen) atoms. The third-order valence-corrected chi connectivity index (χ3v) is 4.91. The first-order valence-electron chi connectivity index (χ1n) is 9.23. The highest BCUT2D eigenvalue weighted by Gasteiger charge is 2.29. The van der Waals surface area contributed by atoms with Crippen LogP contribution < -0.4 is 0 Å². The van der Waals surface area contributed by atoms with Crippen molar-refractivity contribution in [3.8, 4) is 0 Å². The molecule has 3 aromatic rings. The zero-order valence-electron chi connectivity index (χ0n) is 16.0. The molecule has 10 nitrogen and oxygen atoms in total. The van der Waals surface area contributed by atoms with E-state index in [0.29, 0.717) is 38.7 Å². The van der Waals surface area contributed by atoms with Crippen LogP contribution in [0.25, 0.3) is 5.65 Å². The van der Waals surface area contributed by atoms with Gasteiger partial charge in [-0.3, -0.25) is 4.79 Å². The second-order valence-electron chi connectivity index (χ2n) is 6.76. The summed E-state index contributed by atoms with van der Waals surface area (Å²) in [5, 5.41) is 11.8. The number of rotatable bonds is 6. The van der Waals surface area contributed by atoms with Crippen LogP contribution >= 0.6 is 0 Å². The molecule has 1 fully saturated rings. The smallest absolute Gasteiger partial charge is 0.228 e. The highest BCUT2D eigenvalue weighted by molar-refractivity contribution is 5.78. The summed E-state index contributed by atoms with van der Waals surface area (Å²) in [6.07, 6.45) is 3.63. The average Bonchev–Trinajstić information content (AvgIpc) is 3.34. The van der Waals surface area contributed by atoms with Gasteiger partial charge in [0.15, 0.2) is 5.82 Å². The molecule has 1 aliphatic heterocycles. The molecule has 1 saturated heterocycles. The maximum atomic E-state index is 12.9. The van der Waals surface area contributed by atoms with Gasteiger partial charge in [0, 0.05) is 26.0 Å². The number of fused-ring (bicyclic) bond motifs is 1. The minimum atomic E-state index is -0.353. The monoisotopic (exact) mass is 385 g/mol. The van der Waals surface area contributed by atoms with E-state index in [1.54, 1.807) is 22.9 Å². The minimum absolute atomic E-state index is 0.0347. The molecule has 4 rings (SSSR count). The molecule has 0 saturated carbocycles. The molecule has 4 heterocycles. The van der Waals surface area contributed by atoms with E-state index in [4.69, 9.17) is 9.47 Å². The van der Waals surface area contributed by atoms with Gasteiger partial charge in [-0.25, -0.2) is 9.67 Å². The van der Waals surface area contributed by atoms with Crippen molar-refractivity contribution in [3.05, 3.63) is 41.6 Å². The Kier molecular flexibility index (Phi) is 5.31. The molecule has 1 atom stereocenters. The summed E-state index contributed by atoms with van der Waals surface area (Å²) in [5.41, 5.74) is 2.83. The van der Waals surface area contributed by atoms with E-state index in [1.165, 1.54) is 0 Å². The van der Waals surface area contributed by atoms with Crippen molar-refractivity contribution < 1.29 is 14.3 Å². The summed E-state index contributed by atoms with van der Waals surface area (Å²) in [7, 11) is 1.63. The van der Waals surface area contributed by atoms with E-state index in [2.05, 4.69) is 20.5 Å². The molecule has 1 aliphatic rings. The van der Waals surface area contributed by atoms with Crippen molar-refractivity contribution in [2.75, 3.05) is 33.4 Å². The van der Waals surface area contributed by atoms with Crippen LogP contribution in [0.5, 0.6) is 0 Å². The third-order valence-electron chi connectivity index (χ3n) is 4.91. The van der Waals surface area contributed by atoms with Crippen molar-refractivity contribution in [2.45, 2.75) is 26.0 Å². The SMILES string of the molecule is COCCn1nnnc1C1CN(C(=O)Cc2cnc3c(C)cccn23)CCO1. The lowest BCUT2D eigenvalue weighted by molar-refractivity contribution is -0.138. The Morgan fingerprint density at radius 1 is 1.43 bits per heavy atom. The molecule has 0 spiro atoms. The number of aromatic nitrogens is 6. The number of carbonyl (C=O) groups excluding carboxylic acids is 1. The van der Waals surface area contributed by atoms with Crippen molar-refractivity contribution in [1.29, 1.82) is 0 Å². The van der Waals surface area contributed by atoms with E-state index in [-0.39, 0.29) is 18.4 Å². The van der Waals surface area contributed by atoms with Gasteiger partial charge in [0.05, 0.1) is 38.4 Å². The van der Waals surface area contributed by atoms with Gasteiger partial charge in [-0.2, -0.15) is 0 Å². The second-order valence-corrected chi connectivity index (χ2v) is 6.76. The van der Waals surface area contributed by atoms with E-state index in [0.717, 1.165) is 16.9 Å². The number of aryl methyl sites for hydroxylation is 1. The van der Waals surface area contributed by atoms with Crippen LogP contribution in [-0.4, -0.2) is 73.8 Å². The molecular formula is C18H23N7O3. The molecule has 1 unspecified atom stereocenters. The quantitative estimate of drug-likeness (QED) is 0.606. The second kappa shape index (κ2) is 8.03. The van der Waals surface area contributed by atoms with E-state index in [9.17, 15) is 4.79 Å². The minimum Gasteiger partial charge on any atom is -0.383 e. The largest absolute Gasteiger partial charge is 0.383 e. The fourth-order valence-electron chi connectivity index (χ4n) is 3.41. The molecule has 0 aromatic carbocycles. The number of morpholine rings is 1. The lowest BCUT2D eigenvalue weighted by Crippen LogP contribution is -2.43. The number of pyridine rings is 1. The number of methoxy groups -OCH3 is 1. The Bertz CT molecular complexity index is 967. The van der Waals surface area contributed by atoms with Gasteiger partial charge in [-0.1, -0.05) is 6.07 Å². The molecule has 148 valence electrons. The normalized spacial score (nSPS) is 17.4. The standard InChI is InChI=1S/C18H23N7O3/c1-13-4-3-5-24-14(11-19-17(13)24)10-16(26)23-6-9-28-15(12-23)18-20-21-22-25(18)7-8-27-2/h3-5,11,15H,6-10,12H2,1-2H3. The molecule has 3 aromatic heterocycles. The third kappa shape index (κ3) is 3.60. The lowest BCUT2D eigenvalue weighted by Gasteiger charge is -2.32. The molecule has 0 bridgehead atoms. The Morgan fingerprint density at radius 3 is 3.18 bits per heavy atom. The number of imidazole rings is 1. The van der Waals surface area contributed by atoms with Crippen LogP contribution in [0.15, 0.2) is 24.5 Å². The van der Waals surface area contributed by atoms with Crippen LogP contribution in [0.1, 0.15) is 23.2 Å². The first kappa shape index (κ1) is 18.5. The highest BCUT2D eigenvalue weighted by atomic mass is 16.5. The van der Waals surface area contributed by atoms with Crippen molar-refractivity contribution >= 4 is 11.6 Å². The zero-order chi connectivity index (χ0) is 19.5. The number of hydrogen-bond acceptors (Lipinski definition) is 7. The maximum absolute atomic E-state index is 12.9. The number of carbonyl (C=O) groups is 1. The summed E-state index contributed by atoms with van der Waals surface area (Å²) in [6.45, 7) is 4.45. The summed E-state index contributed by atoms with van der Waals surface area (Å²) >= 11 is 0. The summed E-state index contributed by atoms with van der Waals surface area (Å²) in [6, 6.07) is 3.97. The van der Waals surface area contributed by atoms with Crippen LogP contribution in [-0.2, 0) is 27.2 Å². The van der Waals surface area contributed by atoms with Crippen LogP contribution in [0, 0.1) is 6.92 Å². The molecule has 0 N–H and O–H groups in total. The fourth-order valence-corrected chi connectivity index (χ4v) is 3.41. The van der Waals surface area contributed by atoms with Gasteiger partial charge < -0.3 is 18.8 Å². The van der Waals surface area contributed by atoms with Gasteiger partial charge in [0.1, 0.15) is 11.8 Å². The first-order valence-corrected chi connectivity index (χ1v) is 9.23. The van der Waals surface area contributed by atoms with Gasteiger partial charge in [-0.15, -0.1) is 5.10 Å². The molecular weight excluding hydrogens is 362 g/mol. The van der Waals surface area contributed by atoms with Crippen molar-refractivity contribution in [3.63, 3.8) is 0 Å². The van der Waals surface area contributed by atoms with Crippen molar-refractivity contribution in [1.82, 2.24) is 34.5 Å². The lowest BCUT2D eigenvalue weighted by atomic mass is 10.2. The number of nitrogens with zero attached hydrogens (tertiary/aromatic N) is 7. The maximum Gasteiger partial charge on any atom is 0.228 e. The highest BCUT2D eigenvalue weighted by Crippen LogP contribution is 2.21. The summed E-state index contributed by atoms with van der Waals surface area (Å²) in [4.78, 5) is 19.2. The Labute approximate surface area is 162 Å². The molecule has 0 radical (unpaired) electrons. The number of amides is 1. The van der Waals surface area contributed by atoms with Gasteiger partial charge >= 0.3 is 0 Å². The van der Waals surface area contributed by atoms with E-state index in [1.807, 2.05) is 29.7 Å². The predicted molar refractivity (Wildman–Crippen MR) is 98.6 cm³/mol.